The maximum absolute atomic E-state index is 2.42. The molecule has 5 aromatic carbocycles. The van der Waals surface area contributed by atoms with Gasteiger partial charge in [0.05, 0.1) is 0 Å². The smallest absolute Gasteiger partial charge is 0.00806 e. The Morgan fingerprint density at radius 2 is 1.45 bits per heavy atom. The first-order valence-corrected chi connectivity index (χ1v) is 14.7. The highest BCUT2D eigenvalue weighted by molar-refractivity contribution is 6.07. The molecule has 0 radical (unpaired) electrons. The van der Waals surface area contributed by atoms with E-state index in [4.69, 9.17) is 0 Å². The van der Waals surface area contributed by atoms with Crippen LogP contribution in [0.2, 0.25) is 0 Å². The topological polar surface area (TPSA) is 0 Å². The minimum Gasteiger partial charge on any atom is -0.0842 e. The Balaban J connectivity index is 1.25. The molecule has 7 rings (SSSR count). The quantitative estimate of drug-likeness (QED) is 0.205. The van der Waals surface area contributed by atoms with E-state index in [-0.39, 0.29) is 0 Å². The van der Waals surface area contributed by atoms with E-state index in [1.54, 1.807) is 0 Å². The van der Waals surface area contributed by atoms with Crippen molar-refractivity contribution in [2.24, 2.45) is 5.92 Å². The Morgan fingerprint density at radius 1 is 0.675 bits per heavy atom. The molecule has 0 heterocycles. The lowest BCUT2D eigenvalue weighted by atomic mass is 9.77. The van der Waals surface area contributed by atoms with Gasteiger partial charge in [-0.2, -0.15) is 0 Å². The highest BCUT2D eigenvalue weighted by Gasteiger charge is 2.23. The second-order valence-corrected chi connectivity index (χ2v) is 11.2. The summed E-state index contributed by atoms with van der Waals surface area (Å²) in [6.45, 7) is 0. The predicted molar refractivity (Wildman–Crippen MR) is 172 cm³/mol. The molecule has 0 aliphatic heterocycles. The lowest BCUT2D eigenvalue weighted by Gasteiger charge is -2.27. The number of allylic oxidation sites excluding steroid dienone is 8. The van der Waals surface area contributed by atoms with Crippen LogP contribution < -0.4 is 0 Å². The van der Waals surface area contributed by atoms with Gasteiger partial charge in [-0.3, -0.25) is 0 Å². The Kier molecular flexibility index (Phi) is 6.76. The molecule has 0 nitrogen and oxygen atoms in total. The van der Waals surface area contributed by atoms with Crippen LogP contribution in [-0.2, 0) is 6.42 Å². The van der Waals surface area contributed by atoms with Crippen LogP contribution >= 0.6 is 0 Å². The number of rotatable bonds is 5. The van der Waals surface area contributed by atoms with Gasteiger partial charge in [-0.15, -0.1) is 0 Å². The summed E-state index contributed by atoms with van der Waals surface area (Å²) in [6.07, 6.45) is 17.4. The first-order valence-electron chi connectivity index (χ1n) is 14.7. The van der Waals surface area contributed by atoms with Crippen LogP contribution in [0.1, 0.15) is 36.8 Å². The second-order valence-electron chi connectivity index (χ2n) is 11.2. The summed E-state index contributed by atoms with van der Waals surface area (Å²) in [6, 6.07) is 40.3. The molecular formula is C40H34. The summed E-state index contributed by atoms with van der Waals surface area (Å²) in [4.78, 5) is 0. The van der Waals surface area contributed by atoms with Crippen molar-refractivity contribution < 1.29 is 0 Å². The standard InChI is InChI=1S/C40H34/c1-3-11-30(12-4-1)31-20-23-34(24-21-31)40(33-14-5-2-6-15-33)39-18-10-8-16-35(39)27-29-19-26-38-36(28-29)25-22-32-13-7-9-17-37(32)38/h1,3-5,7-14,17-26,28,35H,2,6,15-16,27H2. The number of benzene rings is 5. The van der Waals surface area contributed by atoms with Crippen molar-refractivity contribution in [2.75, 3.05) is 0 Å². The normalized spacial score (nSPS) is 18.2. The molecule has 0 spiro atoms. The average Bonchev–Trinajstić information content (AvgIpc) is 3.03. The van der Waals surface area contributed by atoms with Crippen LogP contribution in [0.5, 0.6) is 0 Å². The van der Waals surface area contributed by atoms with E-state index >= 15 is 0 Å². The summed E-state index contributed by atoms with van der Waals surface area (Å²) < 4.78 is 0. The van der Waals surface area contributed by atoms with E-state index in [9.17, 15) is 0 Å². The second kappa shape index (κ2) is 11.0. The van der Waals surface area contributed by atoms with Gasteiger partial charge < -0.3 is 0 Å². The van der Waals surface area contributed by atoms with Gasteiger partial charge in [0.25, 0.3) is 0 Å². The summed E-state index contributed by atoms with van der Waals surface area (Å²) in [5.74, 6) is 0.453. The largest absolute Gasteiger partial charge is 0.0842 e. The summed E-state index contributed by atoms with van der Waals surface area (Å²) in [5, 5.41) is 5.32. The Hall–Kier alpha value is -4.42. The van der Waals surface area contributed by atoms with Crippen LogP contribution in [0, 0.1) is 5.92 Å². The van der Waals surface area contributed by atoms with E-state index in [1.807, 2.05) is 0 Å². The van der Waals surface area contributed by atoms with Gasteiger partial charge in [0.1, 0.15) is 0 Å². The van der Waals surface area contributed by atoms with Gasteiger partial charge in [0.2, 0.25) is 0 Å². The van der Waals surface area contributed by atoms with Gasteiger partial charge in [-0.05, 0) is 98.5 Å². The Labute approximate surface area is 237 Å². The zero-order valence-electron chi connectivity index (χ0n) is 22.9. The van der Waals surface area contributed by atoms with E-state index in [0.29, 0.717) is 5.92 Å². The molecule has 0 bridgehead atoms. The molecule has 0 heteroatoms. The van der Waals surface area contributed by atoms with Gasteiger partial charge in [0.15, 0.2) is 0 Å². The van der Waals surface area contributed by atoms with Gasteiger partial charge >= 0.3 is 0 Å². The van der Waals surface area contributed by atoms with Crippen molar-refractivity contribution in [3.63, 3.8) is 0 Å². The van der Waals surface area contributed by atoms with E-state index in [1.165, 1.54) is 73.4 Å². The lowest BCUT2D eigenvalue weighted by Crippen LogP contribution is -2.13. The van der Waals surface area contributed by atoms with Crippen LogP contribution in [0.3, 0.4) is 0 Å². The fourth-order valence-corrected chi connectivity index (χ4v) is 6.56. The molecule has 2 aliphatic carbocycles. The van der Waals surface area contributed by atoms with Crippen molar-refractivity contribution in [2.45, 2.75) is 32.1 Å². The van der Waals surface area contributed by atoms with Crippen molar-refractivity contribution in [3.05, 3.63) is 162 Å². The van der Waals surface area contributed by atoms with Crippen LogP contribution in [0.4, 0.5) is 0 Å². The Morgan fingerprint density at radius 3 is 2.30 bits per heavy atom. The van der Waals surface area contributed by atoms with Crippen LogP contribution in [0.25, 0.3) is 38.2 Å². The predicted octanol–water partition coefficient (Wildman–Crippen LogP) is 10.9. The summed E-state index contributed by atoms with van der Waals surface area (Å²) in [7, 11) is 0. The first-order chi connectivity index (χ1) is 19.8. The number of fused-ring (bicyclic) bond motifs is 3. The Bertz CT molecular complexity index is 1790. The minimum absolute atomic E-state index is 0.453. The first kappa shape index (κ1) is 24.6. The fourth-order valence-electron chi connectivity index (χ4n) is 6.56. The molecule has 0 fully saturated rings. The number of hydrogen-bond donors (Lipinski definition) is 0. The summed E-state index contributed by atoms with van der Waals surface area (Å²) >= 11 is 0. The highest BCUT2D eigenvalue weighted by Crippen LogP contribution is 2.40. The molecule has 1 atom stereocenters. The van der Waals surface area contributed by atoms with Crippen LogP contribution in [-0.4, -0.2) is 0 Å². The van der Waals surface area contributed by atoms with Gasteiger partial charge in [-0.25, -0.2) is 0 Å². The molecule has 5 aromatic rings. The third-order valence-electron chi connectivity index (χ3n) is 8.59. The molecule has 0 amide bonds. The third kappa shape index (κ3) is 4.87. The van der Waals surface area contributed by atoms with Gasteiger partial charge in [-0.1, -0.05) is 140 Å². The van der Waals surface area contributed by atoms with Crippen LogP contribution in [0.15, 0.2) is 151 Å². The molecule has 2 aliphatic rings. The highest BCUT2D eigenvalue weighted by atomic mass is 14.3. The SMILES string of the molecule is C1=CCC(Cc2ccc3c(ccc4ccccc43)c2)C(C(=C2C=CCCC2)c2ccc(-c3ccccc3)cc2)=C1. The maximum Gasteiger partial charge on any atom is -0.00806 e. The van der Waals surface area contributed by atoms with Crippen molar-refractivity contribution >= 4 is 27.1 Å². The number of hydrogen-bond acceptors (Lipinski definition) is 0. The molecule has 0 N–H and O–H groups in total. The zero-order valence-corrected chi connectivity index (χ0v) is 22.9. The monoisotopic (exact) mass is 514 g/mol. The molecule has 0 aromatic heterocycles. The summed E-state index contributed by atoms with van der Waals surface area (Å²) in [5.41, 5.74) is 9.69. The van der Waals surface area contributed by atoms with E-state index in [2.05, 4.69) is 140 Å². The fraction of sp³-hybridized carbons (Fsp3) is 0.150. The van der Waals surface area contributed by atoms with E-state index < -0.39 is 0 Å². The average molecular weight is 515 g/mol. The van der Waals surface area contributed by atoms with Crippen molar-refractivity contribution in [3.8, 4) is 11.1 Å². The van der Waals surface area contributed by atoms with E-state index in [0.717, 1.165) is 19.3 Å². The third-order valence-corrected chi connectivity index (χ3v) is 8.59. The molecule has 194 valence electrons. The van der Waals surface area contributed by atoms with Crippen molar-refractivity contribution in [1.29, 1.82) is 0 Å². The molecule has 1 unspecified atom stereocenters. The lowest BCUT2D eigenvalue weighted by molar-refractivity contribution is 0.629. The molecule has 0 saturated heterocycles. The maximum atomic E-state index is 2.42. The molecular weight excluding hydrogens is 480 g/mol. The molecule has 40 heavy (non-hydrogen) atoms. The minimum atomic E-state index is 0.453. The van der Waals surface area contributed by atoms with Crippen molar-refractivity contribution in [1.82, 2.24) is 0 Å². The van der Waals surface area contributed by atoms with Gasteiger partial charge in [0, 0.05) is 0 Å². The zero-order chi connectivity index (χ0) is 26.7. The molecule has 0 saturated carbocycles.